The van der Waals surface area contributed by atoms with Gasteiger partial charge >= 0.3 is 6.09 Å². The van der Waals surface area contributed by atoms with E-state index in [1.807, 2.05) is 52.8 Å². The number of aromatic amines is 1. The first-order valence-corrected chi connectivity index (χ1v) is 10.7. The van der Waals surface area contributed by atoms with Crippen LogP contribution in [0.3, 0.4) is 0 Å². The number of carbonyl (C=O) groups excluding carboxylic acids is 2. The zero-order chi connectivity index (χ0) is 23.4. The number of nitrogens with one attached hydrogen (secondary N) is 1. The third kappa shape index (κ3) is 3.72. The average molecular weight is 438 g/mol. The Morgan fingerprint density at radius 2 is 1.94 bits per heavy atom. The minimum absolute atomic E-state index is 0.137. The average Bonchev–Trinajstić information content (AvgIpc) is 3.00. The maximum absolute atomic E-state index is 15.5. The number of fused-ring (bicyclic) bond motifs is 2. The second-order valence-corrected chi connectivity index (χ2v) is 9.37. The van der Waals surface area contributed by atoms with Crippen LogP contribution < -0.4 is 5.73 Å². The number of amides is 2. The zero-order valence-corrected chi connectivity index (χ0v) is 19.1. The molecule has 1 aliphatic rings. The van der Waals surface area contributed by atoms with Gasteiger partial charge in [-0.1, -0.05) is 18.2 Å². The molecule has 2 aromatic carbocycles. The van der Waals surface area contributed by atoms with Crippen molar-refractivity contribution >= 4 is 22.9 Å². The third-order valence-corrected chi connectivity index (χ3v) is 5.98. The smallest absolute Gasteiger partial charge is 0.410 e. The summed E-state index contributed by atoms with van der Waals surface area (Å²) >= 11 is 0. The second kappa shape index (κ2) is 7.65. The van der Waals surface area contributed by atoms with Gasteiger partial charge in [0.1, 0.15) is 11.4 Å². The molecule has 0 spiro atoms. The summed E-state index contributed by atoms with van der Waals surface area (Å²) in [6.45, 7) is 10.2. The fraction of sp³-hybridized carbons (Fsp3) is 0.360. The van der Waals surface area contributed by atoms with E-state index in [4.69, 9.17) is 10.5 Å². The number of rotatable bonds is 2. The number of carbonyl (C=O) groups is 2. The Morgan fingerprint density at radius 1 is 1.22 bits per heavy atom. The number of aromatic nitrogens is 1. The predicted molar refractivity (Wildman–Crippen MR) is 122 cm³/mol. The van der Waals surface area contributed by atoms with Crippen LogP contribution in [0.1, 0.15) is 53.5 Å². The van der Waals surface area contributed by atoms with Crippen molar-refractivity contribution in [1.82, 2.24) is 9.88 Å². The lowest BCUT2D eigenvalue weighted by Gasteiger charge is -2.32. The van der Waals surface area contributed by atoms with Gasteiger partial charge in [0.25, 0.3) is 5.91 Å². The van der Waals surface area contributed by atoms with Gasteiger partial charge in [-0.15, -0.1) is 0 Å². The molecule has 7 heteroatoms. The van der Waals surface area contributed by atoms with Gasteiger partial charge in [-0.2, -0.15) is 0 Å². The first-order chi connectivity index (χ1) is 15.0. The van der Waals surface area contributed by atoms with E-state index in [1.54, 1.807) is 4.90 Å². The predicted octanol–water partition coefficient (Wildman–Crippen LogP) is 4.98. The lowest BCUT2D eigenvalue weighted by molar-refractivity contribution is 0.0224. The summed E-state index contributed by atoms with van der Waals surface area (Å²) in [5.41, 5.74) is 10.5. The maximum Gasteiger partial charge on any atom is 0.410 e. The quantitative estimate of drug-likeness (QED) is 0.592. The largest absolute Gasteiger partial charge is 0.444 e. The van der Waals surface area contributed by atoms with Gasteiger partial charge in [-0.05, 0) is 69.4 Å². The van der Waals surface area contributed by atoms with Gasteiger partial charge in [-0.3, -0.25) is 4.79 Å². The van der Waals surface area contributed by atoms with E-state index in [0.717, 1.165) is 27.9 Å². The highest BCUT2D eigenvalue weighted by Crippen LogP contribution is 2.40. The highest BCUT2D eigenvalue weighted by Gasteiger charge is 2.29. The first kappa shape index (κ1) is 21.9. The molecule has 1 aliphatic heterocycles. The van der Waals surface area contributed by atoms with E-state index in [2.05, 4.69) is 4.98 Å². The van der Waals surface area contributed by atoms with Crippen LogP contribution in [0.25, 0.3) is 22.0 Å². The summed E-state index contributed by atoms with van der Waals surface area (Å²) in [6, 6.07) is 6.93. The summed E-state index contributed by atoms with van der Waals surface area (Å²) in [7, 11) is 0. The number of halogens is 1. The standard InChI is InChI=1S/C25H28FN3O3/c1-13-14(2)28-22-18(23(27)30)11-19(26)21(20(13)22)17-8-6-7-15-12-29(10-9-16(15)17)24(31)32-25(3,4)5/h6-8,11,28H,9-10,12H2,1-5H3,(H2,27,30). The molecule has 2 amide bonds. The molecule has 0 atom stereocenters. The van der Waals surface area contributed by atoms with Crippen molar-refractivity contribution < 1.29 is 18.7 Å². The van der Waals surface area contributed by atoms with E-state index in [-0.39, 0.29) is 11.7 Å². The number of primary amides is 1. The van der Waals surface area contributed by atoms with Crippen molar-refractivity contribution in [2.45, 2.75) is 53.2 Å². The summed E-state index contributed by atoms with van der Waals surface area (Å²) < 4.78 is 21.0. The van der Waals surface area contributed by atoms with Crippen LogP contribution in [0.15, 0.2) is 24.3 Å². The van der Waals surface area contributed by atoms with E-state index in [9.17, 15) is 9.59 Å². The van der Waals surface area contributed by atoms with Crippen molar-refractivity contribution in [3.63, 3.8) is 0 Å². The van der Waals surface area contributed by atoms with E-state index >= 15 is 4.39 Å². The number of benzene rings is 2. The number of hydrogen-bond donors (Lipinski definition) is 2. The number of aryl methyl sites for hydroxylation is 2. The molecule has 2 heterocycles. The van der Waals surface area contributed by atoms with E-state index in [0.29, 0.717) is 36.0 Å². The Hall–Kier alpha value is -3.35. The fourth-order valence-electron chi connectivity index (χ4n) is 4.41. The SMILES string of the molecule is Cc1[nH]c2c(C(N)=O)cc(F)c(-c3cccc4c3CCN(C(=O)OC(C)(C)C)C4)c2c1C. The Morgan fingerprint density at radius 3 is 2.59 bits per heavy atom. The van der Waals surface area contributed by atoms with Crippen molar-refractivity contribution in [2.75, 3.05) is 6.54 Å². The molecule has 6 nitrogen and oxygen atoms in total. The topological polar surface area (TPSA) is 88.4 Å². The summed E-state index contributed by atoms with van der Waals surface area (Å²) in [6.07, 6.45) is 0.219. The molecule has 4 rings (SSSR count). The Bertz CT molecular complexity index is 1250. The van der Waals surface area contributed by atoms with Crippen molar-refractivity contribution in [3.8, 4) is 11.1 Å². The summed E-state index contributed by atoms with van der Waals surface area (Å²) in [4.78, 5) is 29.4. The molecular weight excluding hydrogens is 409 g/mol. The molecule has 1 aromatic heterocycles. The Labute approximate surface area is 186 Å². The third-order valence-electron chi connectivity index (χ3n) is 5.98. The van der Waals surface area contributed by atoms with Crippen molar-refractivity contribution in [1.29, 1.82) is 0 Å². The molecule has 0 saturated heterocycles. The normalized spacial score (nSPS) is 13.9. The number of nitrogens with two attached hydrogens (primary N) is 1. The Balaban J connectivity index is 1.84. The van der Waals surface area contributed by atoms with Crippen molar-refractivity contribution in [2.24, 2.45) is 5.73 Å². The number of H-pyrrole nitrogens is 1. The van der Waals surface area contributed by atoms with Gasteiger partial charge in [0.2, 0.25) is 0 Å². The summed E-state index contributed by atoms with van der Waals surface area (Å²) in [5.74, 6) is -1.17. The minimum atomic E-state index is -0.676. The highest BCUT2D eigenvalue weighted by atomic mass is 19.1. The van der Waals surface area contributed by atoms with Gasteiger partial charge < -0.3 is 20.4 Å². The number of hydrogen-bond acceptors (Lipinski definition) is 3. The second-order valence-electron chi connectivity index (χ2n) is 9.37. The molecule has 3 aromatic rings. The van der Waals surface area contributed by atoms with Gasteiger partial charge in [-0.25, -0.2) is 9.18 Å². The number of ether oxygens (including phenoxy) is 1. The molecule has 0 fully saturated rings. The molecular formula is C25H28FN3O3. The Kier molecular flexibility index (Phi) is 5.23. The van der Waals surface area contributed by atoms with Gasteiger partial charge in [0.15, 0.2) is 0 Å². The molecule has 0 bridgehead atoms. The van der Waals surface area contributed by atoms with E-state index < -0.39 is 17.3 Å². The van der Waals surface area contributed by atoms with Crippen LogP contribution in [-0.2, 0) is 17.7 Å². The van der Waals surface area contributed by atoms with Crippen LogP contribution in [0.2, 0.25) is 0 Å². The van der Waals surface area contributed by atoms with Crippen LogP contribution in [0.5, 0.6) is 0 Å². The van der Waals surface area contributed by atoms with Crippen LogP contribution >= 0.6 is 0 Å². The molecule has 0 unspecified atom stereocenters. The maximum atomic E-state index is 15.5. The van der Waals surface area contributed by atoms with Crippen LogP contribution in [-0.4, -0.2) is 34.0 Å². The van der Waals surface area contributed by atoms with Gasteiger partial charge in [0, 0.05) is 29.7 Å². The molecule has 32 heavy (non-hydrogen) atoms. The molecule has 3 N–H and O–H groups in total. The van der Waals surface area contributed by atoms with Crippen LogP contribution in [0, 0.1) is 19.7 Å². The van der Waals surface area contributed by atoms with Crippen molar-refractivity contribution in [3.05, 3.63) is 58.0 Å². The van der Waals surface area contributed by atoms with Gasteiger partial charge in [0.05, 0.1) is 11.1 Å². The molecule has 0 radical (unpaired) electrons. The highest BCUT2D eigenvalue weighted by molar-refractivity contribution is 6.11. The molecule has 168 valence electrons. The first-order valence-electron chi connectivity index (χ1n) is 10.7. The number of nitrogens with zero attached hydrogens (tertiary/aromatic N) is 1. The van der Waals surface area contributed by atoms with Crippen LogP contribution in [0.4, 0.5) is 9.18 Å². The minimum Gasteiger partial charge on any atom is -0.444 e. The lowest BCUT2D eigenvalue weighted by Crippen LogP contribution is -2.40. The monoisotopic (exact) mass is 437 g/mol. The summed E-state index contributed by atoms with van der Waals surface area (Å²) in [5, 5.41) is 0.666. The fourth-order valence-corrected chi connectivity index (χ4v) is 4.41. The lowest BCUT2D eigenvalue weighted by atomic mass is 9.87. The zero-order valence-electron chi connectivity index (χ0n) is 19.1. The molecule has 0 aliphatic carbocycles. The van der Waals surface area contributed by atoms with E-state index in [1.165, 1.54) is 6.07 Å². The molecule has 0 saturated carbocycles.